The van der Waals surface area contributed by atoms with E-state index >= 15 is 0 Å². The maximum absolute atomic E-state index is 10.3. The quantitative estimate of drug-likeness (QED) is 0.490. The molecule has 9 heteroatoms. The second-order valence-electron chi connectivity index (χ2n) is 2.34. The Labute approximate surface area is 85.9 Å². The number of nitrogens with two attached hydrogens (primary N) is 1. The van der Waals surface area contributed by atoms with Crippen LogP contribution < -0.4 is 5.73 Å². The van der Waals surface area contributed by atoms with E-state index in [1.807, 2.05) is 0 Å². The molecule has 0 aromatic carbocycles. The van der Waals surface area contributed by atoms with Crippen LogP contribution in [0.3, 0.4) is 0 Å². The van der Waals surface area contributed by atoms with E-state index in [1.165, 1.54) is 13.3 Å². The van der Waals surface area contributed by atoms with E-state index in [0.717, 1.165) is 0 Å². The maximum atomic E-state index is 10.3. The van der Waals surface area contributed by atoms with E-state index in [-0.39, 0.29) is 17.3 Å². The van der Waals surface area contributed by atoms with Crippen LogP contribution in [0.4, 0.5) is 0 Å². The van der Waals surface area contributed by atoms with Crippen LogP contribution in [-0.4, -0.2) is 39.7 Å². The number of carbonyl (C=O) groups excluding carboxylic acids is 1. The molecule has 0 saturated carbocycles. The highest BCUT2D eigenvalue weighted by Gasteiger charge is 2.07. The summed E-state index contributed by atoms with van der Waals surface area (Å²) in [6, 6.07) is 0. The van der Waals surface area contributed by atoms with E-state index in [1.54, 1.807) is 0 Å². The minimum Gasteiger partial charge on any atom is -0.492 e. The first-order chi connectivity index (χ1) is 6.78. The minimum absolute atomic E-state index is 0.0602. The summed E-state index contributed by atoms with van der Waals surface area (Å²) in [6.07, 6.45) is 1.19. The molecule has 15 heavy (non-hydrogen) atoms. The van der Waals surface area contributed by atoms with E-state index in [0.29, 0.717) is 0 Å². The molecule has 0 saturated heterocycles. The number of amides is 1. The molecule has 1 aromatic rings. The number of aromatic nitrogens is 2. The fraction of sp³-hybridized carbons (Fsp3) is 0.333. The van der Waals surface area contributed by atoms with Gasteiger partial charge in [0.1, 0.15) is 0 Å². The molecule has 5 N–H and O–H groups in total. The summed E-state index contributed by atoms with van der Waals surface area (Å²) in [4.78, 5) is 16.0. The molecule has 8 nitrogen and oxygen atoms in total. The number of hydrogen-bond donors (Lipinski definition) is 4. The van der Waals surface area contributed by atoms with Gasteiger partial charge in [0.25, 0.3) is 16.0 Å². The molecule has 1 rings (SSSR count). The maximum Gasteiger partial charge on any atom is 0.270 e. The smallest absolute Gasteiger partial charge is 0.270 e. The molecule has 0 aliphatic rings. The fourth-order valence-electron chi connectivity index (χ4n) is 0.468. The number of imidazole rings is 1. The van der Waals surface area contributed by atoms with Crippen LogP contribution in [0.2, 0.25) is 0 Å². The first-order valence-corrected chi connectivity index (χ1v) is 5.36. The first kappa shape index (κ1) is 13.4. The lowest BCUT2D eigenvalue weighted by atomic mass is 10.4. The lowest BCUT2D eigenvalue weighted by molar-refractivity contribution is 0.0993. The summed E-state index contributed by atoms with van der Waals surface area (Å²) >= 11 is 0. The Morgan fingerprint density at radius 2 is 2.13 bits per heavy atom. The van der Waals surface area contributed by atoms with Crippen LogP contribution in [0.15, 0.2) is 6.33 Å². The fourth-order valence-corrected chi connectivity index (χ4v) is 0.468. The Morgan fingerprint density at radius 1 is 1.67 bits per heavy atom. The van der Waals surface area contributed by atoms with Crippen LogP contribution in [0.1, 0.15) is 17.4 Å². The van der Waals surface area contributed by atoms with E-state index in [4.69, 9.17) is 15.4 Å². The standard InChI is InChI=1S/C4H5N3O2.C2H6O3S/c5-3(8)2-4(9)7-1-6-2;1-2-6(3,4)5/h1,9H,(H2,5,8)(H,6,7);2H2,1H3,(H,3,4,5). The number of hydrogen-bond acceptors (Lipinski definition) is 5. The van der Waals surface area contributed by atoms with Gasteiger partial charge in [-0.05, 0) is 6.92 Å². The Balaban J connectivity index is 0.000000288. The summed E-state index contributed by atoms with van der Waals surface area (Å²) in [6.45, 7) is 1.37. The summed E-state index contributed by atoms with van der Waals surface area (Å²) in [7, 11) is -3.66. The van der Waals surface area contributed by atoms with Crippen LogP contribution in [-0.2, 0) is 10.1 Å². The van der Waals surface area contributed by atoms with Gasteiger partial charge in [-0.3, -0.25) is 9.35 Å². The lowest BCUT2D eigenvalue weighted by Crippen LogP contribution is -2.11. The van der Waals surface area contributed by atoms with E-state index in [9.17, 15) is 13.2 Å². The third-order valence-corrected chi connectivity index (χ3v) is 1.96. The highest BCUT2D eigenvalue weighted by Crippen LogP contribution is 2.06. The molecular formula is C6H11N3O5S. The SMILES string of the molecule is CCS(=O)(=O)O.NC(=O)c1[nH]cnc1O. The molecule has 0 spiro atoms. The second-order valence-corrected chi connectivity index (χ2v) is 4.08. The summed E-state index contributed by atoms with van der Waals surface area (Å²) in [5.41, 5.74) is 4.73. The second kappa shape index (κ2) is 5.32. The third-order valence-electron chi connectivity index (χ3n) is 1.23. The lowest BCUT2D eigenvalue weighted by Gasteiger charge is -1.85. The molecule has 0 aliphatic heterocycles. The molecule has 0 unspecified atom stereocenters. The average molecular weight is 237 g/mol. The average Bonchev–Trinajstić information content (AvgIpc) is 2.51. The number of primary amides is 1. The normalized spacial score (nSPS) is 10.3. The van der Waals surface area contributed by atoms with Crippen molar-refractivity contribution in [2.45, 2.75) is 6.92 Å². The van der Waals surface area contributed by atoms with Crippen LogP contribution in [0.5, 0.6) is 5.88 Å². The predicted molar refractivity (Wildman–Crippen MR) is 50.9 cm³/mol. The molecule has 1 aromatic heterocycles. The van der Waals surface area contributed by atoms with Gasteiger partial charge in [0, 0.05) is 0 Å². The number of nitrogens with one attached hydrogen (secondary N) is 1. The molecule has 0 aliphatic carbocycles. The van der Waals surface area contributed by atoms with Gasteiger partial charge in [-0.1, -0.05) is 0 Å². The molecule has 86 valence electrons. The highest BCUT2D eigenvalue weighted by molar-refractivity contribution is 7.85. The van der Waals surface area contributed by atoms with Gasteiger partial charge < -0.3 is 15.8 Å². The van der Waals surface area contributed by atoms with Crippen molar-refractivity contribution in [3.63, 3.8) is 0 Å². The number of nitrogens with zero attached hydrogens (tertiary/aromatic N) is 1. The van der Waals surface area contributed by atoms with Gasteiger partial charge in [-0.2, -0.15) is 8.42 Å². The van der Waals surface area contributed by atoms with Gasteiger partial charge >= 0.3 is 0 Å². The van der Waals surface area contributed by atoms with Gasteiger partial charge in [0.05, 0.1) is 12.1 Å². The van der Waals surface area contributed by atoms with Crippen LogP contribution >= 0.6 is 0 Å². The predicted octanol–water partition coefficient (Wildman–Crippen LogP) is -0.892. The summed E-state index contributed by atoms with van der Waals surface area (Å²) in [5.74, 6) is -1.28. The highest BCUT2D eigenvalue weighted by atomic mass is 32.2. The van der Waals surface area contributed by atoms with Crippen molar-refractivity contribution in [2.75, 3.05) is 5.75 Å². The van der Waals surface area contributed by atoms with E-state index in [2.05, 4.69) is 9.97 Å². The Bertz CT molecular complexity index is 424. The Kier molecular flexibility index (Phi) is 4.74. The number of H-pyrrole nitrogens is 1. The van der Waals surface area contributed by atoms with Gasteiger partial charge in [0.2, 0.25) is 5.88 Å². The molecule has 0 fully saturated rings. The van der Waals surface area contributed by atoms with E-state index < -0.39 is 16.0 Å². The Morgan fingerprint density at radius 3 is 2.27 bits per heavy atom. The van der Waals surface area contributed by atoms with Gasteiger partial charge in [0.15, 0.2) is 5.69 Å². The summed E-state index contributed by atoms with van der Waals surface area (Å²) in [5, 5.41) is 8.68. The number of aromatic hydroxyl groups is 1. The van der Waals surface area contributed by atoms with Crippen LogP contribution in [0.25, 0.3) is 0 Å². The molecule has 1 amide bonds. The Hall–Kier alpha value is -1.61. The molecule has 0 bridgehead atoms. The summed E-state index contributed by atoms with van der Waals surface area (Å²) < 4.78 is 26.9. The van der Waals surface area contributed by atoms with Gasteiger partial charge in [-0.25, -0.2) is 4.98 Å². The van der Waals surface area contributed by atoms with Crippen molar-refractivity contribution >= 4 is 16.0 Å². The first-order valence-electron chi connectivity index (χ1n) is 3.75. The van der Waals surface area contributed by atoms with Crippen LogP contribution in [0, 0.1) is 0 Å². The number of rotatable bonds is 2. The minimum atomic E-state index is -3.66. The largest absolute Gasteiger partial charge is 0.492 e. The number of aromatic amines is 1. The third kappa shape index (κ3) is 5.65. The van der Waals surface area contributed by atoms with Crippen molar-refractivity contribution in [3.8, 4) is 5.88 Å². The topological polar surface area (TPSA) is 146 Å². The zero-order chi connectivity index (χ0) is 12.1. The van der Waals surface area contributed by atoms with Crippen molar-refractivity contribution in [3.05, 3.63) is 12.0 Å². The molecule has 1 heterocycles. The molecule has 0 radical (unpaired) electrons. The van der Waals surface area contributed by atoms with Crippen molar-refractivity contribution in [2.24, 2.45) is 5.73 Å². The van der Waals surface area contributed by atoms with Crippen molar-refractivity contribution < 1.29 is 22.9 Å². The monoisotopic (exact) mass is 237 g/mol. The van der Waals surface area contributed by atoms with Gasteiger partial charge in [-0.15, -0.1) is 0 Å². The number of carbonyl (C=O) groups is 1. The zero-order valence-electron chi connectivity index (χ0n) is 7.84. The van der Waals surface area contributed by atoms with Crippen molar-refractivity contribution in [1.29, 1.82) is 0 Å². The zero-order valence-corrected chi connectivity index (χ0v) is 8.65. The molecular weight excluding hydrogens is 226 g/mol. The van der Waals surface area contributed by atoms with Crippen molar-refractivity contribution in [1.82, 2.24) is 9.97 Å². The molecule has 0 atom stereocenters.